The molecule has 1 aromatic carbocycles. The zero-order chi connectivity index (χ0) is 15.0. The third-order valence-corrected chi connectivity index (χ3v) is 2.83. The van der Waals surface area contributed by atoms with Gasteiger partial charge in [0.1, 0.15) is 0 Å². The van der Waals surface area contributed by atoms with Crippen LogP contribution in [-0.2, 0) is 4.79 Å². The number of benzene rings is 1. The SMILES string of the molecule is CCCNc1ccc(C(=O)NCC(=O)NCC)c(C)c1. The lowest BCUT2D eigenvalue weighted by atomic mass is 10.1. The quantitative estimate of drug-likeness (QED) is 0.710. The Kier molecular flexibility index (Phi) is 6.56. The first-order chi connectivity index (χ1) is 9.58. The highest BCUT2D eigenvalue weighted by molar-refractivity contribution is 5.98. The lowest BCUT2D eigenvalue weighted by molar-refractivity contribution is -0.120. The van der Waals surface area contributed by atoms with Crippen molar-refractivity contribution in [1.82, 2.24) is 10.6 Å². The molecule has 0 fully saturated rings. The summed E-state index contributed by atoms with van der Waals surface area (Å²) in [6, 6.07) is 5.60. The number of carbonyl (C=O) groups excluding carboxylic acids is 2. The van der Waals surface area contributed by atoms with Crippen LogP contribution in [0.25, 0.3) is 0 Å². The van der Waals surface area contributed by atoms with E-state index in [1.54, 1.807) is 6.07 Å². The van der Waals surface area contributed by atoms with Crippen molar-refractivity contribution in [3.8, 4) is 0 Å². The number of likely N-dealkylation sites (N-methyl/N-ethyl adjacent to an activating group) is 1. The zero-order valence-electron chi connectivity index (χ0n) is 12.4. The molecule has 0 heterocycles. The Bertz CT molecular complexity index is 472. The maximum atomic E-state index is 12.0. The van der Waals surface area contributed by atoms with E-state index in [1.807, 2.05) is 26.0 Å². The fourth-order valence-electron chi connectivity index (χ4n) is 1.81. The molecule has 0 spiro atoms. The van der Waals surface area contributed by atoms with Crippen LogP contribution in [-0.4, -0.2) is 31.4 Å². The van der Waals surface area contributed by atoms with Crippen molar-refractivity contribution in [3.05, 3.63) is 29.3 Å². The maximum absolute atomic E-state index is 12.0. The molecule has 1 aromatic rings. The van der Waals surface area contributed by atoms with Crippen LogP contribution in [0.2, 0.25) is 0 Å². The Hall–Kier alpha value is -2.04. The molecular weight excluding hydrogens is 254 g/mol. The topological polar surface area (TPSA) is 70.2 Å². The van der Waals surface area contributed by atoms with Crippen LogP contribution in [0, 0.1) is 6.92 Å². The minimum absolute atomic E-state index is 0.00193. The van der Waals surface area contributed by atoms with E-state index < -0.39 is 0 Å². The highest BCUT2D eigenvalue weighted by Crippen LogP contribution is 2.15. The molecule has 0 aliphatic carbocycles. The van der Waals surface area contributed by atoms with E-state index in [4.69, 9.17) is 0 Å². The van der Waals surface area contributed by atoms with Crippen LogP contribution in [0.4, 0.5) is 5.69 Å². The van der Waals surface area contributed by atoms with E-state index in [-0.39, 0.29) is 18.4 Å². The maximum Gasteiger partial charge on any atom is 0.251 e. The number of rotatable bonds is 7. The van der Waals surface area contributed by atoms with Gasteiger partial charge in [0.05, 0.1) is 6.54 Å². The normalized spacial score (nSPS) is 9.95. The van der Waals surface area contributed by atoms with Gasteiger partial charge in [0.25, 0.3) is 5.91 Å². The van der Waals surface area contributed by atoms with Gasteiger partial charge in [-0.2, -0.15) is 0 Å². The predicted octanol–water partition coefficient (Wildman–Crippen LogP) is 1.68. The van der Waals surface area contributed by atoms with Crippen molar-refractivity contribution < 1.29 is 9.59 Å². The van der Waals surface area contributed by atoms with Gasteiger partial charge in [-0.25, -0.2) is 0 Å². The number of nitrogens with one attached hydrogen (secondary N) is 3. The van der Waals surface area contributed by atoms with Crippen LogP contribution in [0.15, 0.2) is 18.2 Å². The average molecular weight is 277 g/mol. The van der Waals surface area contributed by atoms with Gasteiger partial charge in [0.15, 0.2) is 0 Å². The van der Waals surface area contributed by atoms with Crippen LogP contribution < -0.4 is 16.0 Å². The molecule has 0 radical (unpaired) electrons. The van der Waals surface area contributed by atoms with E-state index >= 15 is 0 Å². The number of hydrogen-bond acceptors (Lipinski definition) is 3. The van der Waals surface area contributed by atoms with Crippen molar-refractivity contribution >= 4 is 17.5 Å². The molecule has 3 N–H and O–H groups in total. The first kappa shape index (κ1) is 16.0. The largest absolute Gasteiger partial charge is 0.385 e. The molecule has 1 rings (SSSR count). The smallest absolute Gasteiger partial charge is 0.251 e. The highest BCUT2D eigenvalue weighted by Gasteiger charge is 2.10. The summed E-state index contributed by atoms with van der Waals surface area (Å²) in [5.41, 5.74) is 2.49. The molecule has 0 aliphatic rings. The minimum Gasteiger partial charge on any atom is -0.385 e. The van der Waals surface area contributed by atoms with E-state index in [2.05, 4.69) is 22.9 Å². The van der Waals surface area contributed by atoms with Crippen molar-refractivity contribution in [2.75, 3.05) is 25.0 Å². The Morgan fingerprint density at radius 1 is 1.15 bits per heavy atom. The monoisotopic (exact) mass is 277 g/mol. The van der Waals surface area contributed by atoms with Gasteiger partial charge in [0.2, 0.25) is 5.91 Å². The van der Waals surface area contributed by atoms with Gasteiger partial charge in [-0.3, -0.25) is 9.59 Å². The second-order valence-corrected chi connectivity index (χ2v) is 4.59. The summed E-state index contributed by atoms with van der Waals surface area (Å²) >= 11 is 0. The fraction of sp³-hybridized carbons (Fsp3) is 0.467. The van der Waals surface area contributed by atoms with Gasteiger partial charge >= 0.3 is 0 Å². The van der Waals surface area contributed by atoms with Crippen LogP contribution in [0.3, 0.4) is 0 Å². The lowest BCUT2D eigenvalue weighted by Crippen LogP contribution is -2.36. The Labute approximate surface area is 120 Å². The molecule has 5 nitrogen and oxygen atoms in total. The molecule has 110 valence electrons. The first-order valence-electron chi connectivity index (χ1n) is 6.97. The van der Waals surface area contributed by atoms with Crippen LogP contribution in [0.1, 0.15) is 36.2 Å². The first-order valence-corrected chi connectivity index (χ1v) is 6.97. The summed E-state index contributed by atoms with van der Waals surface area (Å²) in [5.74, 6) is -0.407. The number of anilines is 1. The summed E-state index contributed by atoms with van der Waals surface area (Å²) in [5, 5.41) is 8.52. The van der Waals surface area contributed by atoms with Crippen molar-refractivity contribution in [2.24, 2.45) is 0 Å². The molecule has 0 bridgehead atoms. The molecule has 5 heteroatoms. The lowest BCUT2D eigenvalue weighted by Gasteiger charge is -2.10. The number of hydrogen-bond donors (Lipinski definition) is 3. The van der Waals surface area contributed by atoms with Gasteiger partial charge < -0.3 is 16.0 Å². The van der Waals surface area contributed by atoms with Gasteiger partial charge in [-0.1, -0.05) is 6.92 Å². The minimum atomic E-state index is -0.226. The Balaban J connectivity index is 2.62. The Morgan fingerprint density at radius 3 is 2.50 bits per heavy atom. The number of amides is 2. The molecule has 0 aliphatic heterocycles. The van der Waals surface area contributed by atoms with Crippen molar-refractivity contribution in [1.29, 1.82) is 0 Å². The van der Waals surface area contributed by atoms with Crippen molar-refractivity contribution in [2.45, 2.75) is 27.2 Å². The summed E-state index contributed by atoms with van der Waals surface area (Å²) in [4.78, 5) is 23.3. The fourth-order valence-corrected chi connectivity index (χ4v) is 1.81. The summed E-state index contributed by atoms with van der Waals surface area (Å²) < 4.78 is 0. The molecule has 0 saturated carbocycles. The van der Waals surface area contributed by atoms with Gasteiger partial charge in [-0.05, 0) is 44.0 Å². The highest BCUT2D eigenvalue weighted by atomic mass is 16.2. The second-order valence-electron chi connectivity index (χ2n) is 4.59. The van der Waals surface area contributed by atoms with Crippen LogP contribution >= 0.6 is 0 Å². The molecule has 0 unspecified atom stereocenters. The third-order valence-electron chi connectivity index (χ3n) is 2.83. The predicted molar refractivity (Wildman–Crippen MR) is 81.0 cm³/mol. The molecular formula is C15H23N3O2. The molecule has 0 saturated heterocycles. The van der Waals surface area contributed by atoms with Gasteiger partial charge in [-0.15, -0.1) is 0 Å². The molecule has 0 atom stereocenters. The van der Waals surface area contributed by atoms with Gasteiger partial charge in [0, 0.05) is 24.3 Å². The van der Waals surface area contributed by atoms with Crippen LogP contribution in [0.5, 0.6) is 0 Å². The summed E-state index contributed by atoms with van der Waals surface area (Å²) in [7, 11) is 0. The Morgan fingerprint density at radius 2 is 1.90 bits per heavy atom. The standard InChI is InChI=1S/C15H23N3O2/c1-4-8-17-12-6-7-13(11(3)9-12)15(20)18-10-14(19)16-5-2/h6-7,9,17H,4-5,8,10H2,1-3H3,(H,16,19)(H,18,20). The van der Waals surface area contributed by atoms with E-state index in [0.717, 1.165) is 24.2 Å². The zero-order valence-corrected chi connectivity index (χ0v) is 12.4. The number of carbonyl (C=O) groups is 2. The second kappa shape index (κ2) is 8.19. The molecule has 2 amide bonds. The van der Waals surface area contributed by atoms with E-state index in [1.165, 1.54) is 0 Å². The molecule has 20 heavy (non-hydrogen) atoms. The number of aryl methyl sites for hydroxylation is 1. The third kappa shape index (κ3) is 4.91. The average Bonchev–Trinajstić information content (AvgIpc) is 2.43. The summed E-state index contributed by atoms with van der Waals surface area (Å²) in [6.07, 6.45) is 1.05. The van der Waals surface area contributed by atoms with E-state index in [9.17, 15) is 9.59 Å². The summed E-state index contributed by atoms with van der Waals surface area (Å²) in [6.45, 7) is 7.29. The van der Waals surface area contributed by atoms with Crippen molar-refractivity contribution in [3.63, 3.8) is 0 Å². The molecule has 0 aromatic heterocycles. The van der Waals surface area contributed by atoms with E-state index in [0.29, 0.717) is 12.1 Å².